The van der Waals surface area contributed by atoms with E-state index in [0.29, 0.717) is 17.0 Å². The van der Waals surface area contributed by atoms with E-state index >= 15 is 0 Å². The molecule has 4 aromatic rings. The zero-order chi connectivity index (χ0) is 32.2. The van der Waals surface area contributed by atoms with E-state index in [2.05, 4.69) is 41.8 Å². The molecule has 0 spiro atoms. The quantitative estimate of drug-likeness (QED) is 0.163. The van der Waals surface area contributed by atoms with E-state index in [0.717, 1.165) is 56.6 Å². The number of oxazole rings is 1. The normalized spacial score (nSPS) is 14.1. The van der Waals surface area contributed by atoms with Gasteiger partial charge in [0.15, 0.2) is 6.39 Å². The minimum Gasteiger partial charge on any atom is -0.530 e. The van der Waals surface area contributed by atoms with Gasteiger partial charge in [-0.2, -0.15) is 17.4 Å². The van der Waals surface area contributed by atoms with Gasteiger partial charge in [-0.15, -0.1) is 19.2 Å². The van der Waals surface area contributed by atoms with Crippen LogP contribution in [0.15, 0.2) is 82.8 Å². The third-order valence-corrected chi connectivity index (χ3v) is 7.81. The summed E-state index contributed by atoms with van der Waals surface area (Å²) in [4.78, 5) is 21.6. The molecule has 0 saturated heterocycles. The number of aromatic carboxylic acids is 1. The molecule has 1 aliphatic carbocycles. The first-order valence-electron chi connectivity index (χ1n) is 14.7. The summed E-state index contributed by atoms with van der Waals surface area (Å²) in [6, 6.07) is 16.7. The molecule has 0 amide bonds. The van der Waals surface area contributed by atoms with Crippen molar-refractivity contribution < 1.29 is 42.3 Å². The number of halogens is 1. The number of rotatable bonds is 10. The fourth-order valence-corrected chi connectivity index (χ4v) is 5.23. The number of nitrogens with zero attached hydrogens (tertiary/aromatic N) is 4. The average Bonchev–Trinajstić information content (AvgIpc) is 3.57. The minimum absolute atomic E-state index is 0. The molecule has 5 rings (SSSR count). The Kier molecular flexibility index (Phi) is 14.2. The Labute approximate surface area is 282 Å². The second-order valence-electron chi connectivity index (χ2n) is 10.8. The SMILES string of the molecule is N#Cc1ccc(COc2ccc[c-]n2)c(F)c1.[CH2-]CN(C[CH2-])CC1=C(C)Cc2ccc(C(=O)O)cc2C(Cc2cnco2)CC1.[Li+]. The number of fused-ring (bicyclic) bond motifs is 1. The molecule has 234 valence electrons. The third kappa shape index (κ3) is 10.2. The first-order valence-corrected chi connectivity index (χ1v) is 14.7. The molecule has 2 heterocycles. The molecule has 1 aliphatic rings. The number of aromatic nitrogens is 2. The van der Waals surface area contributed by atoms with Crippen molar-refractivity contribution in [3.63, 3.8) is 0 Å². The van der Waals surface area contributed by atoms with Gasteiger partial charge in [0.25, 0.3) is 0 Å². The largest absolute Gasteiger partial charge is 1.00 e. The number of ether oxygens (including phenoxy) is 1. The standard InChI is InChI=1S/C23H28N2O3.C13H8FN2O.Li/c1-4-25(5-2)14-20-9-7-18(11-21-13-24-15-28-21)22-12-19(23(26)27)8-6-17(22)10-16(20)3;14-12-7-10(8-15)4-5-11(12)9-17-13-3-1-2-6-16-13;/h6,8,12-13,15,18H,1-2,4-5,7,9-11,14H2,3H3,(H,26,27);1-5,7H,9H2;/q-2;-1;+1. The van der Waals surface area contributed by atoms with Gasteiger partial charge in [0.2, 0.25) is 0 Å². The number of carbonyl (C=O) groups is 1. The van der Waals surface area contributed by atoms with E-state index in [9.17, 15) is 14.3 Å². The topological polar surface area (TPSA) is 112 Å². The Morgan fingerprint density at radius 3 is 2.67 bits per heavy atom. The predicted molar refractivity (Wildman–Crippen MR) is 168 cm³/mol. The van der Waals surface area contributed by atoms with Crippen molar-refractivity contribution >= 4 is 5.97 Å². The molecule has 0 radical (unpaired) electrons. The second kappa shape index (κ2) is 18.1. The van der Waals surface area contributed by atoms with Crippen LogP contribution < -0.4 is 23.6 Å². The Balaban J connectivity index is 0.000000274. The first kappa shape index (κ1) is 36.3. The zero-order valence-electron chi connectivity index (χ0n) is 26.3. The molecule has 0 aliphatic heterocycles. The summed E-state index contributed by atoms with van der Waals surface area (Å²) in [6.07, 6.45) is 9.27. The van der Waals surface area contributed by atoms with E-state index in [-0.39, 0.29) is 36.9 Å². The van der Waals surface area contributed by atoms with Crippen LogP contribution >= 0.6 is 0 Å². The summed E-state index contributed by atoms with van der Waals surface area (Å²) in [5.41, 5.74) is 6.11. The first-order chi connectivity index (χ1) is 21.8. The zero-order valence-corrected chi connectivity index (χ0v) is 26.3. The molecule has 46 heavy (non-hydrogen) atoms. The smallest absolute Gasteiger partial charge is 0.530 e. The molecule has 8 nitrogen and oxygen atoms in total. The molecule has 1 N–H and O–H groups in total. The number of pyridine rings is 1. The van der Waals surface area contributed by atoms with Crippen molar-refractivity contribution in [3.05, 3.63) is 138 Å². The number of hydrogen-bond acceptors (Lipinski definition) is 7. The summed E-state index contributed by atoms with van der Waals surface area (Å²) in [7, 11) is 0. The van der Waals surface area contributed by atoms with Crippen LogP contribution in [0.4, 0.5) is 4.39 Å². The van der Waals surface area contributed by atoms with Crippen LogP contribution in [0.2, 0.25) is 0 Å². The predicted octanol–water partition coefficient (Wildman–Crippen LogP) is 3.80. The molecule has 2 aromatic carbocycles. The van der Waals surface area contributed by atoms with Crippen LogP contribution in [0, 0.1) is 37.2 Å². The Morgan fingerprint density at radius 2 is 2.04 bits per heavy atom. The van der Waals surface area contributed by atoms with Crippen molar-refractivity contribution in [3.8, 4) is 11.9 Å². The summed E-state index contributed by atoms with van der Waals surface area (Å²) in [5, 5.41) is 18.0. The number of carboxylic acids is 1. The van der Waals surface area contributed by atoms with E-state index in [1.54, 1.807) is 36.5 Å². The number of carboxylic acid groups (broad SMARTS) is 1. The number of allylic oxidation sites excluding steroid dienone is 1. The monoisotopic (exact) mass is 614 g/mol. The van der Waals surface area contributed by atoms with Gasteiger partial charge in [0.05, 0.1) is 29.3 Å². The molecule has 0 bridgehead atoms. The van der Waals surface area contributed by atoms with Crippen LogP contribution in [0.25, 0.3) is 0 Å². The molecule has 0 saturated carbocycles. The van der Waals surface area contributed by atoms with Gasteiger partial charge < -0.3 is 38.0 Å². The second-order valence-corrected chi connectivity index (χ2v) is 10.8. The molecule has 1 unspecified atom stereocenters. The molecule has 10 heteroatoms. The summed E-state index contributed by atoms with van der Waals surface area (Å²) < 4.78 is 24.2. The van der Waals surface area contributed by atoms with Crippen molar-refractivity contribution in [2.24, 2.45) is 0 Å². The van der Waals surface area contributed by atoms with Gasteiger partial charge in [0, 0.05) is 18.5 Å². The molecular weight excluding hydrogens is 578 g/mol. The van der Waals surface area contributed by atoms with Crippen molar-refractivity contribution in [2.45, 2.75) is 45.1 Å². The summed E-state index contributed by atoms with van der Waals surface area (Å²) in [5.74, 6) is 0.0629. The van der Waals surface area contributed by atoms with Gasteiger partial charge >= 0.3 is 24.8 Å². The van der Waals surface area contributed by atoms with E-state index < -0.39 is 11.8 Å². The van der Waals surface area contributed by atoms with Crippen LogP contribution in [-0.2, 0) is 19.4 Å². The Morgan fingerprint density at radius 1 is 1.24 bits per heavy atom. The van der Waals surface area contributed by atoms with Crippen LogP contribution in [0.3, 0.4) is 0 Å². The number of nitriles is 1. The third-order valence-electron chi connectivity index (χ3n) is 7.81. The number of benzene rings is 2. The maximum absolute atomic E-state index is 13.5. The van der Waals surface area contributed by atoms with Crippen LogP contribution in [0.5, 0.6) is 5.88 Å². The van der Waals surface area contributed by atoms with Crippen LogP contribution in [-0.4, -0.2) is 45.6 Å². The maximum Gasteiger partial charge on any atom is 1.00 e. The van der Waals surface area contributed by atoms with Crippen molar-refractivity contribution in [1.82, 2.24) is 14.9 Å². The molecular formula is C36H36FLiN4O4-2. The average molecular weight is 615 g/mol. The summed E-state index contributed by atoms with van der Waals surface area (Å²) >= 11 is 0. The molecule has 0 fully saturated rings. The van der Waals surface area contributed by atoms with Gasteiger partial charge in [-0.25, -0.2) is 14.2 Å². The Bertz CT molecular complexity index is 1630. The van der Waals surface area contributed by atoms with Gasteiger partial charge in [-0.3, -0.25) is 0 Å². The van der Waals surface area contributed by atoms with E-state index in [1.165, 1.54) is 35.2 Å². The van der Waals surface area contributed by atoms with E-state index in [4.69, 9.17) is 14.4 Å². The van der Waals surface area contributed by atoms with E-state index in [1.807, 2.05) is 18.2 Å². The molecule has 2 aromatic heterocycles. The van der Waals surface area contributed by atoms with Crippen LogP contribution in [0.1, 0.15) is 64.1 Å². The van der Waals surface area contributed by atoms with Crippen molar-refractivity contribution in [2.75, 3.05) is 19.6 Å². The van der Waals surface area contributed by atoms with Gasteiger partial charge in [0.1, 0.15) is 18.2 Å². The molecule has 1 atom stereocenters. The maximum atomic E-state index is 13.5. The van der Waals surface area contributed by atoms with Gasteiger partial charge in [-0.05, 0) is 67.5 Å². The Hall–Kier alpha value is -4.21. The minimum atomic E-state index is -0.891. The fourth-order valence-electron chi connectivity index (χ4n) is 5.23. The fraction of sp³-hybridized carbons (Fsp3) is 0.278. The van der Waals surface area contributed by atoms with Gasteiger partial charge in [-0.1, -0.05) is 29.5 Å². The number of hydrogen-bond donors (Lipinski definition) is 1. The summed E-state index contributed by atoms with van der Waals surface area (Å²) in [6.45, 7) is 12.6. The van der Waals surface area contributed by atoms with Crippen molar-refractivity contribution in [1.29, 1.82) is 5.26 Å².